The van der Waals surface area contributed by atoms with Crippen LogP contribution in [0.4, 0.5) is 8.78 Å². The van der Waals surface area contributed by atoms with Crippen molar-refractivity contribution in [2.75, 3.05) is 0 Å². The molecule has 1 aromatic carbocycles. The molecule has 0 bridgehead atoms. The SMILES string of the molecule is Cc1ncc(I)c(=O)n1CC(=O)c1c(F)cccc1F. The molecule has 2 aromatic rings. The highest BCUT2D eigenvalue weighted by Gasteiger charge is 2.19. The maximum atomic E-state index is 13.5. The number of halogens is 3. The second-order valence-electron chi connectivity index (χ2n) is 4.06. The lowest BCUT2D eigenvalue weighted by Crippen LogP contribution is -2.29. The summed E-state index contributed by atoms with van der Waals surface area (Å²) in [6.07, 6.45) is 1.38. The number of Topliss-reactive ketones (excluding diaryl/α,β-unsaturated/α-hetero) is 1. The van der Waals surface area contributed by atoms with Crippen LogP contribution in [0.25, 0.3) is 0 Å². The normalized spacial score (nSPS) is 10.6. The van der Waals surface area contributed by atoms with Crippen LogP contribution < -0.4 is 5.56 Å². The highest BCUT2D eigenvalue weighted by Crippen LogP contribution is 2.13. The molecule has 7 heteroatoms. The number of benzene rings is 1. The molecule has 0 aliphatic rings. The first kappa shape index (κ1) is 14.8. The number of hydrogen-bond donors (Lipinski definition) is 0. The molecule has 2 rings (SSSR count). The van der Waals surface area contributed by atoms with Crippen LogP contribution in [-0.2, 0) is 6.54 Å². The summed E-state index contributed by atoms with van der Waals surface area (Å²) in [5.41, 5.74) is -1.05. The molecule has 0 unspecified atom stereocenters. The van der Waals surface area contributed by atoms with Crippen molar-refractivity contribution in [3.63, 3.8) is 0 Å². The topological polar surface area (TPSA) is 52.0 Å². The summed E-state index contributed by atoms with van der Waals surface area (Å²) in [4.78, 5) is 27.9. The van der Waals surface area contributed by atoms with Gasteiger partial charge in [-0.2, -0.15) is 0 Å². The summed E-state index contributed by atoms with van der Waals surface area (Å²) < 4.78 is 28.5. The Balaban J connectivity index is 2.44. The predicted octanol–water partition coefficient (Wildman–Crippen LogP) is 2.32. The first-order chi connectivity index (χ1) is 9.41. The number of aromatic nitrogens is 2. The Bertz CT molecular complexity index is 723. The molecule has 0 amide bonds. The predicted molar refractivity (Wildman–Crippen MR) is 76.6 cm³/mol. The van der Waals surface area contributed by atoms with Crippen LogP contribution in [0.2, 0.25) is 0 Å². The molecule has 0 saturated heterocycles. The van der Waals surface area contributed by atoms with Crippen LogP contribution in [0.5, 0.6) is 0 Å². The fraction of sp³-hybridized carbons (Fsp3) is 0.154. The molecule has 0 radical (unpaired) electrons. The monoisotopic (exact) mass is 390 g/mol. The van der Waals surface area contributed by atoms with Crippen molar-refractivity contribution in [2.45, 2.75) is 13.5 Å². The third-order valence-corrected chi connectivity index (χ3v) is 3.49. The van der Waals surface area contributed by atoms with E-state index in [-0.39, 0.29) is 0 Å². The molecule has 4 nitrogen and oxygen atoms in total. The van der Waals surface area contributed by atoms with E-state index in [0.29, 0.717) is 9.39 Å². The third kappa shape index (κ3) is 2.77. The zero-order valence-electron chi connectivity index (χ0n) is 10.4. The minimum absolute atomic E-state index is 0.306. The number of hydrogen-bond acceptors (Lipinski definition) is 3. The zero-order chi connectivity index (χ0) is 14.9. The van der Waals surface area contributed by atoms with Gasteiger partial charge in [0.1, 0.15) is 17.5 Å². The summed E-state index contributed by atoms with van der Waals surface area (Å²) >= 11 is 1.79. The molecule has 0 aliphatic carbocycles. The Labute approximate surface area is 126 Å². The molecule has 20 heavy (non-hydrogen) atoms. The molecule has 0 aliphatic heterocycles. The van der Waals surface area contributed by atoms with Crippen LogP contribution in [0, 0.1) is 22.1 Å². The van der Waals surface area contributed by atoms with Crippen molar-refractivity contribution >= 4 is 28.4 Å². The second kappa shape index (κ2) is 5.78. The Kier molecular flexibility index (Phi) is 4.26. The maximum Gasteiger partial charge on any atom is 0.267 e. The van der Waals surface area contributed by atoms with Gasteiger partial charge in [-0.25, -0.2) is 13.8 Å². The van der Waals surface area contributed by atoms with Gasteiger partial charge >= 0.3 is 0 Å². The molecular weight excluding hydrogens is 381 g/mol. The van der Waals surface area contributed by atoms with E-state index in [4.69, 9.17) is 0 Å². The molecule has 0 fully saturated rings. The lowest BCUT2D eigenvalue weighted by molar-refractivity contribution is 0.0961. The van der Waals surface area contributed by atoms with Gasteiger partial charge in [-0.1, -0.05) is 6.07 Å². The van der Waals surface area contributed by atoms with Crippen molar-refractivity contribution in [1.82, 2.24) is 9.55 Å². The molecule has 104 valence electrons. The first-order valence-corrected chi connectivity index (χ1v) is 6.69. The lowest BCUT2D eigenvalue weighted by atomic mass is 10.1. The summed E-state index contributed by atoms with van der Waals surface area (Å²) in [5.74, 6) is -2.39. The van der Waals surface area contributed by atoms with Crippen LogP contribution in [0.1, 0.15) is 16.2 Å². The van der Waals surface area contributed by atoms with Gasteiger partial charge in [0.2, 0.25) is 0 Å². The summed E-state index contributed by atoms with van der Waals surface area (Å²) in [6.45, 7) is 1.09. The fourth-order valence-electron chi connectivity index (χ4n) is 1.72. The summed E-state index contributed by atoms with van der Waals surface area (Å²) in [5, 5.41) is 0. The van der Waals surface area contributed by atoms with Crippen molar-refractivity contribution in [3.8, 4) is 0 Å². The second-order valence-corrected chi connectivity index (χ2v) is 5.23. The van der Waals surface area contributed by atoms with Crippen molar-refractivity contribution in [3.05, 3.63) is 61.3 Å². The van der Waals surface area contributed by atoms with Crippen LogP contribution >= 0.6 is 22.6 Å². The Morgan fingerprint density at radius 1 is 1.35 bits per heavy atom. The van der Waals surface area contributed by atoms with Gasteiger partial charge in [0, 0.05) is 6.20 Å². The molecule has 0 spiro atoms. The highest BCUT2D eigenvalue weighted by atomic mass is 127. The van der Waals surface area contributed by atoms with Crippen molar-refractivity contribution < 1.29 is 13.6 Å². The molecule has 0 N–H and O–H groups in total. The van der Waals surface area contributed by atoms with Gasteiger partial charge in [0.25, 0.3) is 5.56 Å². The van der Waals surface area contributed by atoms with E-state index in [9.17, 15) is 18.4 Å². The molecular formula is C13H9F2IN2O2. The van der Waals surface area contributed by atoms with Crippen LogP contribution in [0.3, 0.4) is 0 Å². The number of nitrogens with zero attached hydrogens (tertiary/aromatic N) is 2. The average Bonchev–Trinajstić information content (AvgIpc) is 2.39. The average molecular weight is 390 g/mol. The van der Waals surface area contributed by atoms with E-state index in [1.165, 1.54) is 12.3 Å². The van der Waals surface area contributed by atoms with Gasteiger partial charge in [-0.05, 0) is 41.6 Å². The van der Waals surface area contributed by atoms with Crippen molar-refractivity contribution in [2.24, 2.45) is 0 Å². The molecule has 1 aromatic heterocycles. The minimum Gasteiger partial charge on any atom is -0.292 e. The summed E-state index contributed by atoms with van der Waals surface area (Å²) in [7, 11) is 0. The van der Waals surface area contributed by atoms with Crippen molar-refractivity contribution in [1.29, 1.82) is 0 Å². The van der Waals surface area contributed by atoms with E-state index < -0.39 is 35.1 Å². The van der Waals surface area contributed by atoms with E-state index in [1.54, 1.807) is 29.5 Å². The molecule has 1 heterocycles. The first-order valence-electron chi connectivity index (χ1n) is 5.61. The standard InChI is InChI=1S/C13H9F2IN2O2/c1-7-17-5-10(16)13(20)18(7)6-11(19)12-8(14)3-2-4-9(12)15/h2-5H,6H2,1H3. The van der Waals surface area contributed by atoms with E-state index in [1.807, 2.05) is 0 Å². The number of carbonyl (C=O) groups is 1. The Morgan fingerprint density at radius 2 is 1.95 bits per heavy atom. The number of aryl methyl sites for hydroxylation is 1. The largest absolute Gasteiger partial charge is 0.292 e. The van der Waals surface area contributed by atoms with Crippen LogP contribution in [-0.4, -0.2) is 15.3 Å². The summed E-state index contributed by atoms with van der Waals surface area (Å²) in [6, 6.07) is 3.17. The molecule has 0 atom stereocenters. The van der Waals surface area contributed by atoms with Gasteiger partial charge < -0.3 is 0 Å². The van der Waals surface area contributed by atoms with E-state index in [0.717, 1.165) is 16.7 Å². The van der Waals surface area contributed by atoms with Gasteiger partial charge in [-0.3, -0.25) is 14.2 Å². The fourth-order valence-corrected chi connectivity index (χ4v) is 2.15. The van der Waals surface area contributed by atoms with Gasteiger partial charge in [0.05, 0.1) is 15.7 Å². The zero-order valence-corrected chi connectivity index (χ0v) is 12.5. The van der Waals surface area contributed by atoms with E-state index in [2.05, 4.69) is 4.98 Å². The lowest BCUT2D eigenvalue weighted by Gasteiger charge is -2.09. The third-order valence-electron chi connectivity index (χ3n) is 2.75. The Hall–Kier alpha value is -1.64. The van der Waals surface area contributed by atoms with E-state index >= 15 is 0 Å². The highest BCUT2D eigenvalue weighted by molar-refractivity contribution is 14.1. The quantitative estimate of drug-likeness (QED) is 0.597. The number of carbonyl (C=O) groups excluding carboxylic acids is 1. The van der Waals surface area contributed by atoms with Gasteiger partial charge in [-0.15, -0.1) is 0 Å². The van der Waals surface area contributed by atoms with Crippen LogP contribution in [0.15, 0.2) is 29.2 Å². The Morgan fingerprint density at radius 3 is 2.55 bits per heavy atom. The minimum atomic E-state index is -0.945. The number of rotatable bonds is 3. The molecule has 0 saturated carbocycles. The maximum absolute atomic E-state index is 13.5. The van der Waals surface area contributed by atoms with Gasteiger partial charge in [0.15, 0.2) is 5.78 Å². The number of ketones is 1. The smallest absolute Gasteiger partial charge is 0.267 e.